The van der Waals surface area contributed by atoms with Crippen molar-refractivity contribution < 1.29 is 9.61 Å². The van der Waals surface area contributed by atoms with Crippen molar-refractivity contribution in [1.29, 1.82) is 0 Å². The monoisotopic (exact) mass is 227 g/mol. The number of fused-ring (bicyclic) bond motifs is 1. The lowest BCUT2D eigenvalue weighted by Crippen LogP contribution is -2.49. The molecule has 1 aromatic rings. The Hall–Kier alpha value is -1.34. The van der Waals surface area contributed by atoms with Crippen molar-refractivity contribution in [1.82, 2.24) is 9.78 Å². The summed E-state index contributed by atoms with van der Waals surface area (Å²) in [6.07, 6.45) is 0.863. The van der Waals surface area contributed by atoms with Crippen molar-refractivity contribution in [3.63, 3.8) is 0 Å². The lowest BCUT2D eigenvalue weighted by molar-refractivity contribution is -0.876. The smallest absolute Gasteiger partial charge is 0.212 e. The van der Waals surface area contributed by atoms with Crippen LogP contribution in [0.2, 0.25) is 0 Å². The van der Waals surface area contributed by atoms with Crippen LogP contribution in [0.4, 0.5) is 5.82 Å². The van der Waals surface area contributed by atoms with Gasteiger partial charge in [-0.3, -0.25) is 0 Å². The molecular formula is C9H17N5O2. The number of aromatic nitrogens is 3. The van der Waals surface area contributed by atoms with E-state index in [0.29, 0.717) is 23.9 Å². The second kappa shape index (κ2) is 3.60. The van der Waals surface area contributed by atoms with Gasteiger partial charge in [-0.15, -0.1) is 0 Å². The van der Waals surface area contributed by atoms with Crippen molar-refractivity contribution in [2.45, 2.75) is 26.4 Å². The number of anilines is 1. The molecule has 0 aliphatic carbocycles. The topological polar surface area (TPSA) is 71.1 Å². The van der Waals surface area contributed by atoms with Gasteiger partial charge in [0.05, 0.1) is 13.6 Å². The highest BCUT2D eigenvalue weighted by Crippen LogP contribution is 2.26. The third kappa shape index (κ3) is 1.72. The maximum Gasteiger partial charge on any atom is 0.212 e. The van der Waals surface area contributed by atoms with Crippen LogP contribution < -0.4 is 9.86 Å². The van der Waals surface area contributed by atoms with Crippen LogP contribution in [-0.4, -0.2) is 35.2 Å². The highest BCUT2D eigenvalue weighted by Gasteiger charge is 2.34. The molecule has 1 unspecified atom stereocenters. The quantitative estimate of drug-likeness (QED) is 0.398. The Bertz CT molecular complexity index is 401. The fourth-order valence-corrected chi connectivity index (χ4v) is 2.24. The van der Waals surface area contributed by atoms with Gasteiger partial charge < -0.3 is 20.0 Å². The first-order valence-electron chi connectivity index (χ1n) is 5.41. The SMILES string of the molecule is CCCn1c2c(n[n+]1[O-])C[N+](C)([O-])CN2C. The van der Waals surface area contributed by atoms with Gasteiger partial charge in [-0.2, -0.15) is 0 Å². The fraction of sp³-hybridized carbons (Fsp3) is 0.778. The standard InChI is InChI=1S/C9H17N5O2/c1-4-5-12-9-8(10-13(12)15)6-14(3,16)7-11(9)2/h4-7H2,1-3H3. The first-order valence-corrected chi connectivity index (χ1v) is 5.41. The van der Waals surface area contributed by atoms with Crippen LogP contribution in [0.15, 0.2) is 0 Å². The first-order chi connectivity index (χ1) is 7.44. The van der Waals surface area contributed by atoms with Crippen molar-refractivity contribution >= 4 is 5.82 Å². The van der Waals surface area contributed by atoms with Gasteiger partial charge in [-0.25, -0.2) is 0 Å². The van der Waals surface area contributed by atoms with Crippen LogP contribution in [-0.2, 0) is 13.1 Å². The van der Waals surface area contributed by atoms with Gasteiger partial charge in [0.2, 0.25) is 11.5 Å². The van der Waals surface area contributed by atoms with Crippen LogP contribution in [0.5, 0.6) is 0 Å². The highest BCUT2D eigenvalue weighted by atomic mass is 16.5. The second-order valence-electron chi connectivity index (χ2n) is 4.54. The Morgan fingerprint density at radius 3 is 2.88 bits per heavy atom. The average Bonchev–Trinajstić information content (AvgIpc) is 2.41. The zero-order chi connectivity index (χ0) is 11.9. The van der Waals surface area contributed by atoms with Gasteiger partial charge in [0.15, 0.2) is 6.67 Å². The summed E-state index contributed by atoms with van der Waals surface area (Å²) >= 11 is 0. The number of quaternary nitrogens is 1. The summed E-state index contributed by atoms with van der Waals surface area (Å²) in [5, 5.41) is 27.4. The second-order valence-corrected chi connectivity index (χ2v) is 4.54. The number of nitrogens with zero attached hydrogens (tertiary/aromatic N) is 5. The van der Waals surface area contributed by atoms with Crippen molar-refractivity contribution in [2.75, 3.05) is 25.7 Å². The zero-order valence-electron chi connectivity index (χ0n) is 9.88. The number of hydrogen-bond donors (Lipinski definition) is 0. The Kier molecular flexibility index (Phi) is 2.51. The largest absolute Gasteiger partial charge is 0.631 e. The molecule has 0 radical (unpaired) electrons. The van der Waals surface area contributed by atoms with Crippen LogP contribution >= 0.6 is 0 Å². The molecule has 90 valence electrons. The van der Waals surface area contributed by atoms with Crippen molar-refractivity contribution in [2.24, 2.45) is 0 Å². The maximum atomic E-state index is 11.9. The minimum absolute atomic E-state index is 0.263. The number of rotatable bonds is 2. The third-order valence-electron chi connectivity index (χ3n) is 2.71. The minimum Gasteiger partial charge on any atom is -0.631 e. The molecule has 0 bridgehead atoms. The third-order valence-corrected chi connectivity index (χ3v) is 2.71. The predicted octanol–water partition coefficient (Wildman–Crippen LogP) is -0.222. The lowest BCUT2D eigenvalue weighted by atomic mass is 10.3. The molecule has 0 amide bonds. The summed E-state index contributed by atoms with van der Waals surface area (Å²) in [6, 6.07) is 0. The Morgan fingerprint density at radius 1 is 1.56 bits per heavy atom. The van der Waals surface area contributed by atoms with E-state index in [1.54, 1.807) is 11.7 Å². The van der Waals surface area contributed by atoms with Gasteiger partial charge in [0.25, 0.3) is 0 Å². The molecule has 0 N–H and O–H groups in total. The summed E-state index contributed by atoms with van der Waals surface area (Å²) in [6.45, 7) is 3.24. The van der Waals surface area contributed by atoms with Gasteiger partial charge >= 0.3 is 0 Å². The summed E-state index contributed by atoms with van der Waals surface area (Å²) in [4.78, 5) is 2.40. The van der Waals surface area contributed by atoms with E-state index < -0.39 is 4.65 Å². The van der Waals surface area contributed by atoms with Crippen molar-refractivity contribution in [3.05, 3.63) is 16.1 Å². The number of hydroxylamine groups is 3. The molecule has 0 saturated heterocycles. The molecule has 2 heterocycles. The van der Waals surface area contributed by atoms with Gasteiger partial charge in [-0.1, -0.05) is 11.6 Å². The Morgan fingerprint density at radius 2 is 2.25 bits per heavy atom. The summed E-state index contributed by atoms with van der Waals surface area (Å²) in [7, 11) is 3.41. The van der Waals surface area contributed by atoms with E-state index in [1.165, 1.54) is 0 Å². The highest BCUT2D eigenvalue weighted by molar-refractivity contribution is 5.42. The minimum atomic E-state index is -0.410. The molecule has 2 rings (SSSR count). The molecule has 7 nitrogen and oxygen atoms in total. The summed E-state index contributed by atoms with van der Waals surface area (Å²) in [5.41, 5.74) is 0.592. The van der Waals surface area contributed by atoms with Crippen LogP contribution in [0.25, 0.3) is 0 Å². The average molecular weight is 227 g/mol. The molecular weight excluding hydrogens is 210 g/mol. The van der Waals surface area contributed by atoms with E-state index in [0.717, 1.165) is 12.2 Å². The molecule has 0 aromatic carbocycles. The molecule has 0 saturated carbocycles. The van der Waals surface area contributed by atoms with Crippen LogP contribution in [0.1, 0.15) is 19.0 Å². The van der Waals surface area contributed by atoms with Crippen LogP contribution in [0.3, 0.4) is 0 Å². The molecule has 0 spiro atoms. The van der Waals surface area contributed by atoms with Crippen LogP contribution in [0, 0.1) is 10.4 Å². The normalized spacial score (nSPS) is 24.6. The fourth-order valence-electron chi connectivity index (χ4n) is 2.24. The molecule has 0 fully saturated rings. The van der Waals surface area contributed by atoms with E-state index in [-0.39, 0.29) is 6.54 Å². The van der Waals surface area contributed by atoms with E-state index in [2.05, 4.69) is 5.10 Å². The van der Waals surface area contributed by atoms with Gasteiger partial charge in [0, 0.05) is 17.1 Å². The Labute approximate surface area is 94.2 Å². The first kappa shape index (κ1) is 11.2. The lowest BCUT2D eigenvalue weighted by Gasteiger charge is -2.43. The zero-order valence-corrected chi connectivity index (χ0v) is 9.88. The number of hydrogen-bond acceptors (Lipinski definition) is 4. The van der Waals surface area contributed by atoms with E-state index in [9.17, 15) is 10.4 Å². The van der Waals surface area contributed by atoms with E-state index in [1.807, 2.05) is 18.9 Å². The molecule has 1 aromatic heterocycles. The van der Waals surface area contributed by atoms with Gasteiger partial charge in [0.1, 0.15) is 6.54 Å². The van der Waals surface area contributed by atoms with Gasteiger partial charge in [-0.05, 0) is 6.42 Å². The molecule has 16 heavy (non-hydrogen) atoms. The summed E-state index contributed by atoms with van der Waals surface area (Å²) < 4.78 is 1.17. The van der Waals surface area contributed by atoms with E-state index >= 15 is 0 Å². The predicted molar refractivity (Wildman–Crippen MR) is 58.0 cm³/mol. The molecule has 1 atom stereocenters. The molecule has 7 heteroatoms. The van der Waals surface area contributed by atoms with Crippen molar-refractivity contribution in [3.8, 4) is 0 Å². The Balaban J connectivity index is 2.44. The summed E-state index contributed by atoms with van der Waals surface area (Å²) in [5.74, 6) is 0.781. The molecule has 1 aliphatic heterocycles. The maximum absolute atomic E-state index is 11.9. The molecule has 1 aliphatic rings. The van der Waals surface area contributed by atoms with E-state index in [4.69, 9.17) is 0 Å².